The molecule has 2 rings (SSSR count). The van der Waals surface area contributed by atoms with Gasteiger partial charge in [0.15, 0.2) is 5.43 Å². The molecule has 116 valence electrons. The van der Waals surface area contributed by atoms with Crippen LogP contribution in [0.3, 0.4) is 0 Å². The summed E-state index contributed by atoms with van der Waals surface area (Å²) in [6.45, 7) is 2.16. The number of para-hydroxylation sites is 1. The summed E-state index contributed by atoms with van der Waals surface area (Å²) in [5.74, 6) is -1.23. The van der Waals surface area contributed by atoms with Gasteiger partial charge in [0, 0.05) is 30.6 Å². The molecule has 22 heavy (non-hydrogen) atoms. The largest absolute Gasteiger partial charge is 0.481 e. The van der Waals surface area contributed by atoms with Gasteiger partial charge in [0.2, 0.25) is 5.91 Å². The maximum atomic E-state index is 12.0. The number of carbonyl (C=O) groups is 2. The Bertz CT molecular complexity index is 751. The molecule has 6 heteroatoms. The number of fused-ring (bicyclic) bond motifs is 1. The molecule has 6 nitrogen and oxygen atoms in total. The normalized spacial score (nSPS) is 12.0. The highest BCUT2D eigenvalue weighted by molar-refractivity contribution is 5.82. The Morgan fingerprint density at radius 3 is 2.73 bits per heavy atom. The summed E-state index contributed by atoms with van der Waals surface area (Å²) in [4.78, 5) is 34.3. The van der Waals surface area contributed by atoms with Crippen LogP contribution in [0.15, 0.2) is 41.3 Å². The lowest BCUT2D eigenvalue weighted by Crippen LogP contribution is -2.32. The minimum absolute atomic E-state index is 0.0151. The second-order valence-corrected chi connectivity index (χ2v) is 5.33. The molecule has 2 aromatic rings. The molecular formula is C16H18N2O4. The van der Waals surface area contributed by atoms with Crippen molar-refractivity contribution in [1.29, 1.82) is 0 Å². The summed E-state index contributed by atoms with van der Waals surface area (Å²) in [7, 11) is 0. The third-order valence-electron chi connectivity index (χ3n) is 3.37. The van der Waals surface area contributed by atoms with Crippen LogP contribution in [-0.2, 0) is 16.1 Å². The van der Waals surface area contributed by atoms with Gasteiger partial charge in [0.05, 0.1) is 5.52 Å². The maximum Gasteiger partial charge on any atom is 0.303 e. The average molecular weight is 302 g/mol. The predicted molar refractivity (Wildman–Crippen MR) is 82.6 cm³/mol. The van der Waals surface area contributed by atoms with Crippen LogP contribution < -0.4 is 10.7 Å². The van der Waals surface area contributed by atoms with Gasteiger partial charge in [-0.25, -0.2) is 0 Å². The lowest BCUT2D eigenvalue weighted by Gasteiger charge is -2.13. The smallest absolute Gasteiger partial charge is 0.303 e. The summed E-state index contributed by atoms with van der Waals surface area (Å²) < 4.78 is 1.70. The van der Waals surface area contributed by atoms with Crippen molar-refractivity contribution in [3.05, 3.63) is 46.8 Å². The predicted octanol–water partition coefficient (Wildman–Crippen LogP) is 1.23. The van der Waals surface area contributed by atoms with E-state index in [4.69, 9.17) is 5.11 Å². The second kappa shape index (κ2) is 6.89. The van der Waals surface area contributed by atoms with Crippen molar-refractivity contribution in [3.8, 4) is 0 Å². The van der Waals surface area contributed by atoms with Gasteiger partial charge in [0.1, 0.15) is 6.54 Å². The minimum atomic E-state index is -0.881. The van der Waals surface area contributed by atoms with Crippen molar-refractivity contribution in [3.63, 3.8) is 0 Å². The van der Waals surface area contributed by atoms with Gasteiger partial charge in [-0.15, -0.1) is 0 Å². The van der Waals surface area contributed by atoms with Gasteiger partial charge >= 0.3 is 5.97 Å². The molecule has 0 fully saturated rings. The standard InChI is InChI=1S/C16H18N2O4/c1-11(8-16(21)22)9-17-15(20)10-18-7-6-14(19)12-4-2-3-5-13(12)18/h2-7,11H,8-10H2,1H3,(H,17,20)(H,21,22). The van der Waals surface area contributed by atoms with E-state index in [-0.39, 0.29) is 30.2 Å². The Balaban J connectivity index is 2.05. The minimum Gasteiger partial charge on any atom is -0.481 e. The van der Waals surface area contributed by atoms with Gasteiger partial charge in [-0.2, -0.15) is 0 Å². The highest BCUT2D eigenvalue weighted by atomic mass is 16.4. The number of pyridine rings is 1. The third kappa shape index (κ3) is 3.94. The van der Waals surface area contributed by atoms with Gasteiger partial charge in [-0.1, -0.05) is 19.1 Å². The van der Waals surface area contributed by atoms with E-state index in [1.54, 1.807) is 35.9 Å². The van der Waals surface area contributed by atoms with Crippen molar-refractivity contribution >= 4 is 22.8 Å². The number of hydrogen-bond donors (Lipinski definition) is 2. The van der Waals surface area contributed by atoms with Crippen LogP contribution in [0.5, 0.6) is 0 Å². The fourth-order valence-electron chi connectivity index (χ4n) is 2.27. The topological polar surface area (TPSA) is 88.4 Å². The van der Waals surface area contributed by atoms with Gasteiger partial charge in [-0.05, 0) is 18.1 Å². The van der Waals surface area contributed by atoms with Crippen molar-refractivity contribution in [2.24, 2.45) is 5.92 Å². The SMILES string of the molecule is CC(CNC(=O)Cn1ccc(=O)c2ccccc21)CC(=O)O. The van der Waals surface area contributed by atoms with Crippen LogP contribution in [0.1, 0.15) is 13.3 Å². The van der Waals surface area contributed by atoms with Crippen molar-refractivity contribution in [2.45, 2.75) is 19.9 Å². The van der Waals surface area contributed by atoms with Gasteiger partial charge < -0.3 is 15.0 Å². The van der Waals surface area contributed by atoms with Crippen LogP contribution in [0.2, 0.25) is 0 Å². The molecule has 0 aliphatic carbocycles. The zero-order valence-electron chi connectivity index (χ0n) is 12.3. The van der Waals surface area contributed by atoms with Crippen LogP contribution >= 0.6 is 0 Å². The highest BCUT2D eigenvalue weighted by Crippen LogP contribution is 2.09. The van der Waals surface area contributed by atoms with E-state index >= 15 is 0 Å². The first-order chi connectivity index (χ1) is 10.5. The number of nitrogens with one attached hydrogen (secondary N) is 1. The first-order valence-electron chi connectivity index (χ1n) is 7.04. The van der Waals surface area contributed by atoms with E-state index in [2.05, 4.69) is 5.32 Å². The molecule has 0 aliphatic heterocycles. The van der Waals surface area contributed by atoms with E-state index in [1.807, 2.05) is 6.07 Å². The molecule has 0 aliphatic rings. The lowest BCUT2D eigenvalue weighted by molar-refractivity contribution is -0.138. The van der Waals surface area contributed by atoms with E-state index in [9.17, 15) is 14.4 Å². The average Bonchev–Trinajstić information content (AvgIpc) is 2.48. The number of aliphatic carboxylic acids is 1. The Morgan fingerprint density at radius 1 is 1.27 bits per heavy atom. The number of hydrogen-bond acceptors (Lipinski definition) is 3. The molecule has 0 radical (unpaired) electrons. The van der Waals surface area contributed by atoms with Crippen molar-refractivity contribution in [2.75, 3.05) is 6.54 Å². The van der Waals surface area contributed by atoms with Crippen LogP contribution in [0, 0.1) is 5.92 Å². The number of carboxylic acid groups (broad SMARTS) is 1. The number of aromatic nitrogens is 1. The molecule has 1 amide bonds. The summed E-state index contributed by atoms with van der Waals surface area (Å²) in [5, 5.41) is 12.0. The van der Waals surface area contributed by atoms with Gasteiger partial charge in [0.25, 0.3) is 0 Å². The first-order valence-corrected chi connectivity index (χ1v) is 7.04. The summed E-state index contributed by atoms with van der Waals surface area (Å²) >= 11 is 0. The molecule has 1 atom stereocenters. The second-order valence-electron chi connectivity index (χ2n) is 5.33. The monoisotopic (exact) mass is 302 g/mol. The van der Waals surface area contributed by atoms with E-state index in [0.29, 0.717) is 17.4 Å². The quantitative estimate of drug-likeness (QED) is 0.840. The van der Waals surface area contributed by atoms with Crippen LogP contribution in [-0.4, -0.2) is 28.1 Å². The number of benzene rings is 1. The number of rotatable bonds is 6. The Hall–Kier alpha value is -2.63. The fourth-order valence-corrected chi connectivity index (χ4v) is 2.27. The molecule has 0 saturated carbocycles. The van der Waals surface area contributed by atoms with Gasteiger partial charge in [-0.3, -0.25) is 14.4 Å². The van der Waals surface area contributed by atoms with E-state index < -0.39 is 5.97 Å². The Kier molecular flexibility index (Phi) is 4.93. The molecule has 0 spiro atoms. The van der Waals surface area contributed by atoms with E-state index in [1.165, 1.54) is 6.07 Å². The summed E-state index contributed by atoms with van der Waals surface area (Å²) in [6.07, 6.45) is 1.60. The molecule has 1 heterocycles. The molecule has 2 N–H and O–H groups in total. The molecule has 1 aromatic carbocycles. The molecule has 1 unspecified atom stereocenters. The Morgan fingerprint density at radius 2 is 2.00 bits per heavy atom. The highest BCUT2D eigenvalue weighted by Gasteiger charge is 2.10. The van der Waals surface area contributed by atoms with Crippen molar-refractivity contribution < 1.29 is 14.7 Å². The van der Waals surface area contributed by atoms with Crippen molar-refractivity contribution in [1.82, 2.24) is 9.88 Å². The fraction of sp³-hybridized carbons (Fsp3) is 0.312. The van der Waals surface area contributed by atoms with E-state index in [0.717, 1.165) is 0 Å². The molecule has 0 bridgehead atoms. The summed E-state index contributed by atoms with van der Waals surface area (Å²) in [5.41, 5.74) is 0.617. The third-order valence-corrected chi connectivity index (χ3v) is 3.37. The summed E-state index contributed by atoms with van der Waals surface area (Å²) in [6, 6.07) is 8.54. The zero-order chi connectivity index (χ0) is 16.1. The zero-order valence-corrected chi connectivity index (χ0v) is 12.3. The number of nitrogens with zero attached hydrogens (tertiary/aromatic N) is 1. The number of amides is 1. The number of carboxylic acids is 1. The van der Waals surface area contributed by atoms with Crippen LogP contribution in [0.4, 0.5) is 0 Å². The molecule has 1 aromatic heterocycles. The maximum absolute atomic E-state index is 12.0. The molecule has 0 saturated heterocycles. The molecular weight excluding hydrogens is 284 g/mol. The van der Waals surface area contributed by atoms with Crippen LogP contribution in [0.25, 0.3) is 10.9 Å². The Labute approximate surface area is 127 Å². The number of carbonyl (C=O) groups excluding carboxylic acids is 1. The lowest BCUT2D eigenvalue weighted by atomic mass is 10.1. The first kappa shape index (κ1) is 15.8.